The van der Waals surface area contributed by atoms with Crippen LogP contribution < -0.4 is 4.74 Å². The third kappa shape index (κ3) is 2.55. The zero-order valence-electron chi connectivity index (χ0n) is 9.09. The minimum atomic E-state index is 0.144. The van der Waals surface area contributed by atoms with Crippen LogP contribution >= 0.6 is 11.6 Å². The molecule has 0 radical (unpaired) electrons. The zero-order chi connectivity index (χ0) is 12.3. The van der Waals surface area contributed by atoms with Gasteiger partial charge in [0.25, 0.3) is 5.82 Å². The van der Waals surface area contributed by atoms with Crippen LogP contribution in [-0.4, -0.2) is 21.9 Å². The fourth-order valence-corrected chi connectivity index (χ4v) is 1.66. The summed E-state index contributed by atoms with van der Waals surface area (Å²) >= 11 is 5.92. The molecule has 5 nitrogen and oxygen atoms in total. The van der Waals surface area contributed by atoms with Crippen LogP contribution in [0, 0.1) is 11.3 Å². The standard InChI is InChI=1S/C11H9ClN4O/c1-17-10-3-2-9(12)4-8(10)6-16-7-14-11(5-13)15-16/h2-4,7H,6H2,1H3. The smallest absolute Gasteiger partial charge is 0.252 e. The average molecular weight is 249 g/mol. The second-order valence-electron chi connectivity index (χ2n) is 3.33. The van der Waals surface area contributed by atoms with Crippen molar-refractivity contribution in [2.24, 2.45) is 0 Å². The first-order valence-corrected chi connectivity index (χ1v) is 5.22. The Labute approximate surface area is 103 Å². The summed E-state index contributed by atoms with van der Waals surface area (Å²) in [5.74, 6) is 0.870. The Morgan fingerprint density at radius 1 is 1.53 bits per heavy atom. The lowest BCUT2D eigenvalue weighted by atomic mass is 10.2. The number of rotatable bonds is 3. The maximum Gasteiger partial charge on any atom is 0.252 e. The van der Waals surface area contributed by atoms with Crippen LogP contribution in [0.4, 0.5) is 0 Å². The van der Waals surface area contributed by atoms with Crippen LogP contribution in [0.15, 0.2) is 24.5 Å². The summed E-state index contributed by atoms with van der Waals surface area (Å²) in [4.78, 5) is 3.83. The van der Waals surface area contributed by atoms with Crippen molar-refractivity contribution in [1.82, 2.24) is 14.8 Å². The topological polar surface area (TPSA) is 63.7 Å². The quantitative estimate of drug-likeness (QED) is 0.832. The second kappa shape index (κ2) is 4.85. The van der Waals surface area contributed by atoms with Crippen molar-refractivity contribution in [2.75, 3.05) is 7.11 Å². The molecule has 1 heterocycles. The largest absolute Gasteiger partial charge is 0.496 e. The summed E-state index contributed by atoms with van der Waals surface area (Å²) in [6.07, 6.45) is 1.50. The lowest BCUT2D eigenvalue weighted by Gasteiger charge is -2.08. The molecule has 0 aliphatic rings. The van der Waals surface area contributed by atoms with Crippen LogP contribution in [0.2, 0.25) is 5.02 Å². The van der Waals surface area contributed by atoms with Crippen LogP contribution in [0.1, 0.15) is 11.4 Å². The molecule has 2 aromatic rings. The van der Waals surface area contributed by atoms with E-state index in [0.717, 1.165) is 11.3 Å². The van der Waals surface area contributed by atoms with E-state index in [2.05, 4.69) is 10.1 Å². The monoisotopic (exact) mass is 248 g/mol. The van der Waals surface area contributed by atoms with E-state index in [4.69, 9.17) is 21.6 Å². The molecule has 0 spiro atoms. The molecule has 1 aromatic carbocycles. The van der Waals surface area contributed by atoms with Gasteiger partial charge in [0.15, 0.2) is 0 Å². The van der Waals surface area contributed by atoms with Crippen molar-refractivity contribution in [1.29, 1.82) is 5.26 Å². The molecule has 0 saturated heterocycles. The van der Waals surface area contributed by atoms with Gasteiger partial charge in [-0.2, -0.15) is 5.26 Å². The van der Waals surface area contributed by atoms with Crippen molar-refractivity contribution >= 4 is 11.6 Å². The number of methoxy groups -OCH3 is 1. The van der Waals surface area contributed by atoms with Gasteiger partial charge in [-0.25, -0.2) is 9.67 Å². The average Bonchev–Trinajstić information content (AvgIpc) is 2.77. The van der Waals surface area contributed by atoms with Crippen LogP contribution in [0.3, 0.4) is 0 Å². The predicted molar refractivity (Wildman–Crippen MR) is 61.8 cm³/mol. The van der Waals surface area contributed by atoms with Gasteiger partial charge in [-0.1, -0.05) is 11.6 Å². The Morgan fingerprint density at radius 3 is 3.00 bits per heavy atom. The summed E-state index contributed by atoms with van der Waals surface area (Å²) in [5.41, 5.74) is 0.884. The van der Waals surface area contributed by atoms with Gasteiger partial charge in [0.05, 0.1) is 13.7 Å². The van der Waals surface area contributed by atoms with Gasteiger partial charge in [0, 0.05) is 10.6 Å². The van der Waals surface area contributed by atoms with Crippen LogP contribution in [-0.2, 0) is 6.54 Å². The van der Waals surface area contributed by atoms with Gasteiger partial charge in [-0.05, 0) is 18.2 Å². The van der Waals surface area contributed by atoms with E-state index in [1.54, 1.807) is 30.0 Å². The van der Waals surface area contributed by atoms with Crippen molar-refractivity contribution in [3.63, 3.8) is 0 Å². The summed E-state index contributed by atoms with van der Waals surface area (Å²) in [7, 11) is 1.59. The van der Waals surface area contributed by atoms with E-state index in [1.807, 2.05) is 6.07 Å². The van der Waals surface area contributed by atoms with E-state index < -0.39 is 0 Å². The number of nitriles is 1. The van der Waals surface area contributed by atoms with Gasteiger partial charge in [-0.15, -0.1) is 5.10 Å². The number of halogens is 1. The molecule has 0 N–H and O–H groups in total. The highest BCUT2D eigenvalue weighted by molar-refractivity contribution is 6.30. The van der Waals surface area contributed by atoms with Crippen LogP contribution in [0.25, 0.3) is 0 Å². The predicted octanol–water partition coefficient (Wildman–Crippen LogP) is 1.86. The maximum atomic E-state index is 8.63. The van der Waals surface area contributed by atoms with Gasteiger partial charge in [0.2, 0.25) is 0 Å². The molecule has 17 heavy (non-hydrogen) atoms. The van der Waals surface area contributed by atoms with Crippen molar-refractivity contribution in [3.8, 4) is 11.8 Å². The van der Waals surface area contributed by atoms with E-state index in [-0.39, 0.29) is 5.82 Å². The van der Waals surface area contributed by atoms with Crippen LogP contribution in [0.5, 0.6) is 5.75 Å². The highest BCUT2D eigenvalue weighted by atomic mass is 35.5. The first kappa shape index (κ1) is 11.4. The van der Waals surface area contributed by atoms with Gasteiger partial charge in [-0.3, -0.25) is 0 Å². The molecule has 0 unspecified atom stereocenters. The molecule has 86 valence electrons. The first-order valence-electron chi connectivity index (χ1n) is 4.85. The molecular formula is C11H9ClN4O. The molecular weight excluding hydrogens is 240 g/mol. The molecule has 6 heteroatoms. The molecule has 0 bridgehead atoms. The maximum absolute atomic E-state index is 8.63. The van der Waals surface area contributed by atoms with Crippen molar-refractivity contribution in [3.05, 3.63) is 40.9 Å². The number of hydrogen-bond donors (Lipinski definition) is 0. The Morgan fingerprint density at radius 2 is 2.35 bits per heavy atom. The Bertz CT molecular complexity index is 573. The van der Waals surface area contributed by atoms with Gasteiger partial charge >= 0.3 is 0 Å². The summed E-state index contributed by atoms with van der Waals surface area (Å²) in [6.45, 7) is 0.457. The summed E-state index contributed by atoms with van der Waals surface area (Å²) in [5, 5.41) is 13.2. The highest BCUT2D eigenvalue weighted by Crippen LogP contribution is 2.23. The third-order valence-corrected chi connectivity index (χ3v) is 2.45. The lowest BCUT2D eigenvalue weighted by molar-refractivity contribution is 0.407. The molecule has 0 fully saturated rings. The van der Waals surface area contributed by atoms with E-state index in [9.17, 15) is 0 Å². The SMILES string of the molecule is COc1ccc(Cl)cc1Cn1cnc(C#N)n1. The molecule has 0 aliphatic carbocycles. The molecule has 2 rings (SSSR count). The molecule has 0 saturated carbocycles. The number of ether oxygens (including phenoxy) is 1. The van der Waals surface area contributed by atoms with E-state index >= 15 is 0 Å². The molecule has 1 aromatic heterocycles. The molecule has 0 amide bonds. The Kier molecular flexibility index (Phi) is 3.26. The fourth-order valence-electron chi connectivity index (χ4n) is 1.47. The molecule has 0 atom stereocenters. The minimum absolute atomic E-state index is 0.144. The second-order valence-corrected chi connectivity index (χ2v) is 3.77. The third-order valence-electron chi connectivity index (χ3n) is 2.21. The Hall–Kier alpha value is -2.06. The van der Waals surface area contributed by atoms with Crippen molar-refractivity contribution in [2.45, 2.75) is 6.54 Å². The van der Waals surface area contributed by atoms with Gasteiger partial charge < -0.3 is 4.74 Å². The van der Waals surface area contributed by atoms with Gasteiger partial charge in [0.1, 0.15) is 18.1 Å². The van der Waals surface area contributed by atoms with E-state index in [1.165, 1.54) is 6.33 Å². The minimum Gasteiger partial charge on any atom is -0.496 e. The fraction of sp³-hybridized carbons (Fsp3) is 0.182. The molecule has 0 aliphatic heterocycles. The lowest BCUT2D eigenvalue weighted by Crippen LogP contribution is -2.02. The van der Waals surface area contributed by atoms with E-state index in [0.29, 0.717) is 11.6 Å². The summed E-state index contributed by atoms with van der Waals surface area (Å²) < 4.78 is 6.78. The van der Waals surface area contributed by atoms with Crippen molar-refractivity contribution < 1.29 is 4.74 Å². The highest BCUT2D eigenvalue weighted by Gasteiger charge is 2.06. The zero-order valence-corrected chi connectivity index (χ0v) is 9.85. The normalized spacial score (nSPS) is 9.94. The number of benzene rings is 1. The first-order chi connectivity index (χ1) is 8.22. The number of aromatic nitrogens is 3. The summed E-state index contributed by atoms with van der Waals surface area (Å²) in [6, 6.07) is 7.22. The Balaban J connectivity index is 2.29. The number of hydrogen-bond acceptors (Lipinski definition) is 4. The number of nitrogens with zero attached hydrogens (tertiary/aromatic N) is 4.